The van der Waals surface area contributed by atoms with Gasteiger partial charge in [0.1, 0.15) is 16.9 Å². The van der Waals surface area contributed by atoms with Gasteiger partial charge in [0.05, 0.1) is 19.3 Å². The molecule has 5 heteroatoms. The van der Waals surface area contributed by atoms with Crippen molar-refractivity contribution in [1.29, 1.82) is 0 Å². The van der Waals surface area contributed by atoms with E-state index in [1.54, 1.807) is 7.11 Å². The van der Waals surface area contributed by atoms with Crippen LogP contribution in [0.3, 0.4) is 0 Å². The van der Waals surface area contributed by atoms with Gasteiger partial charge in [-0.05, 0) is 30.2 Å². The van der Waals surface area contributed by atoms with E-state index in [1.165, 1.54) is 5.56 Å². The zero-order chi connectivity index (χ0) is 19.1. The minimum Gasteiger partial charge on any atom is -0.495 e. The average Bonchev–Trinajstić information content (AvgIpc) is 3.32. The van der Waals surface area contributed by atoms with Crippen LogP contribution in [0.4, 0.5) is 11.4 Å². The van der Waals surface area contributed by atoms with Gasteiger partial charge in [0, 0.05) is 29.1 Å². The smallest absolute Gasteiger partial charge is 0.246 e. The Bertz CT molecular complexity index is 1200. The monoisotopic (exact) mass is 372 g/mol. The molecule has 4 aromatic rings. The number of fused-ring (bicyclic) bond motifs is 4. The maximum absolute atomic E-state index is 12.8. The van der Waals surface area contributed by atoms with E-state index in [4.69, 9.17) is 9.15 Å². The number of amides is 1. The summed E-state index contributed by atoms with van der Waals surface area (Å²) in [5.74, 6) is 0.727. The number of carbonyl (C=O) groups is 1. The van der Waals surface area contributed by atoms with E-state index in [-0.39, 0.29) is 12.5 Å². The predicted molar refractivity (Wildman–Crippen MR) is 111 cm³/mol. The van der Waals surface area contributed by atoms with E-state index in [2.05, 4.69) is 11.4 Å². The molecule has 5 rings (SSSR count). The zero-order valence-corrected chi connectivity index (χ0v) is 15.6. The summed E-state index contributed by atoms with van der Waals surface area (Å²) in [4.78, 5) is 14.6. The van der Waals surface area contributed by atoms with Crippen LogP contribution in [0.2, 0.25) is 0 Å². The molecule has 1 aliphatic rings. The number of anilines is 2. The molecule has 0 unspecified atom stereocenters. The predicted octanol–water partition coefficient (Wildman–Crippen LogP) is 4.60. The van der Waals surface area contributed by atoms with Crippen LogP contribution in [-0.4, -0.2) is 26.1 Å². The molecule has 0 radical (unpaired) electrons. The highest BCUT2D eigenvalue weighted by molar-refractivity contribution is 6.07. The molecule has 28 heavy (non-hydrogen) atoms. The molecule has 0 spiro atoms. The molecule has 0 saturated carbocycles. The van der Waals surface area contributed by atoms with Crippen LogP contribution in [0.5, 0.6) is 5.75 Å². The molecule has 0 bridgehead atoms. The van der Waals surface area contributed by atoms with E-state index in [1.807, 2.05) is 59.5 Å². The van der Waals surface area contributed by atoms with Gasteiger partial charge in [-0.25, -0.2) is 0 Å². The second-order valence-corrected chi connectivity index (χ2v) is 6.92. The number of ether oxygens (including phenoxy) is 1. The largest absolute Gasteiger partial charge is 0.495 e. The third-order valence-corrected chi connectivity index (χ3v) is 5.32. The average molecular weight is 372 g/mol. The molecule has 3 aromatic carbocycles. The lowest BCUT2D eigenvalue weighted by molar-refractivity contribution is -0.116. The summed E-state index contributed by atoms with van der Waals surface area (Å²) in [6.07, 6.45) is 0.899. The number of rotatable bonds is 4. The molecule has 0 atom stereocenters. The third kappa shape index (κ3) is 2.67. The van der Waals surface area contributed by atoms with Gasteiger partial charge in [0.15, 0.2) is 0 Å². The Morgan fingerprint density at radius 3 is 2.79 bits per heavy atom. The Morgan fingerprint density at radius 1 is 1.07 bits per heavy atom. The molecular weight excluding hydrogens is 352 g/mol. The molecule has 0 fully saturated rings. The van der Waals surface area contributed by atoms with Crippen molar-refractivity contribution < 1.29 is 13.9 Å². The van der Waals surface area contributed by atoms with Gasteiger partial charge in [-0.1, -0.05) is 36.4 Å². The highest BCUT2D eigenvalue weighted by Crippen LogP contribution is 2.36. The Labute approximate surface area is 162 Å². The number of benzene rings is 3. The van der Waals surface area contributed by atoms with Crippen molar-refractivity contribution >= 4 is 39.2 Å². The normalized spacial score (nSPS) is 13.1. The molecular formula is C23H20N2O3. The number of hydrogen-bond acceptors (Lipinski definition) is 4. The molecule has 2 heterocycles. The molecule has 0 aliphatic carbocycles. The van der Waals surface area contributed by atoms with Gasteiger partial charge < -0.3 is 19.4 Å². The van der Waals surface area contributed by atoms with Crippen molar-refractivity contribution in [3.8, 4) is 5.75 Å². The fourth-order valence-electron chi connectivity index (χ4n) is 3.92. The topological polar surface area (TPSA) is 54.7 Å². The van der Waals surface area contributed by atoms with Gasteiger partial charge in [-0.2, -0.15) is 0 Å². The summed E-state index contributed by atoms with van der Waals surface area (Å²) in [5, 5.41) is 5.28. The van der Waals surface area contributed by atoms with Gasteiger partial charge in [-0.15, -0.1) is 0 Å². The first kappa shape index (κ1) is 16.7. The van der Waals surface area contributed by atoms with Crippen LogP contribution in [-0.2, 0) is 11.2 Å². The summed E-state index contributed by atoms with van der Waals surface area (Å²) in [6, 6.07) is 19.8. The number of para-hydroxylation sites is 2. The van der Waals surface area contributed by atoms with Crippen molar-refractivity contribution in [2.45, 2.75) is 6.42 Å². The van der Waals surface area contributed by atoms with Crippen LogP contribution in [0.15, 0.2) is 65.1 Å². The molecule has 1 amide bonds. The van der Waals surface area contributed by atoms with Gasteiger partial charge in [0.2, 0.25) is 5.91 Å². The van der Waals surface area contributed by atoms with Gasteiger partial charge in [-0.3, -0.25) is 4.79 Å². The van der Waals surface area contributed by atoms with Crippen molar-refractivity contribution in [2.75, 3.05) is 30.4 Å². The number of methoxy groups -OCH3 is 1. The molecule has 1 N–H and O–H groups in total. The SMILES string of the molecule is COc1cc2c(cc1NCC(=O)N1CCc3ccccc31)oc1ccccc12. The van der Waals surface area contributed by atoms with Crippen molar-refractivity contribution in [2.24, 2.45) is 0 Å². The minimum atomic E-state index is 0.0386. The molecule has 1 aromatic heterocycles. The fraction of sp³-hybridized carbons (Fsp3) is 0.174. The highest BCUT2D eigenvalue weighted by atomic mass is 16.5. The summed E-state index contributed by atoms with van der Waals surface area (Å²) in [6.45, 7) is 0.913. The molecule has 140 valence electrons. The van der Waals surface area contributed by atoms with E-state index >= 15 is 0 Å². The summed E-state index contributed by atoms with van der Waals surface area (Å²) in [5.41, 5.74) is 4.57. The number of nitrogens with one attached hydrogen (secondary N) is 1. The zero-order valence-electron chi connectivity index (χ0n) is 15.6. The lowest BCUT2D eigenvalue weighted by atomic mass is 10.1. The number of carbonyl (C=O) groups excluding carboxylic acids is 1. The lowest BCUT2D eigenvalue weighted by Crippen LogP contribution is -2.34. The number of nitrogens with zero attached hydrogens (tertiary/aromatic N) is 1. The Hall–Kier alpha value is -3.47. The first-order chi connectivity index (χ1) is 13.7. The lowest BCUT2D eigenvalue weighted by Gasteiger charge is -2.18. The minimum absolute atomic E-state index is 0.0386. The Kier molecular flexibility index (Phi) is 3.93. The second kappa shape index (κ2) is 6.60. The standard InChI is InChI=1S/C23H20N2O3/c1-27-22-12-17-16-7-3-5-9-20(16)28-21(17)13-18(22)24-14-23(26)25-11-10-15-6-2-4-8-19(15)25/h2-9,12-13,24H,10-11,14H2,1H3. The third-order valence-electron chi connectivity index (χ3n) is 5.32. The summed E-state index contributed by atoms with van der Waals surface area (Å²) in [7, 11) is 1.63. The fourth-order valence-corrected chi connectivity index (χ4v) is 3.92. The number of hydrogen-bond donors (Lipinski definition) is 1. The van der Waals surface area contributed by atoms with Crippen LogP contribution in [0.25, 0.3) is 21.9 Å². The quantitative estimate of drug-likeness (QED) is 0.569. The van der Waals surface area contributed by atoms with Gasteiger partial charge in [0.25, 0.3) is 0 Å². The van der Waals surface area contributed by atoms with Crippen LogP contribution in [0, 0.1) is 0 Å². The Morgan fingerprint density at radius 2 is 1.89 bits per heavy atom. The van der Waals surface area contributed by atoms with Crippen molar-refractivity contribution in [3.05, 3.63) is 66.2 Å². The molecule has 5 nitrogen and oxygen atoms in total. The summed E-state index contributed by atoms with van der Waals surface area (Å²) < 4.78 is 11.5. The van der Waals surface area contributed by atoms with Crippen LogP contribution in [0.1, 0.15) is 5.56 Å². The maximum Gasteiger partial charge on any atom is 0.246 e. The van der Waals surface area contributed by atoms with Crippen LogP contribution >= 0.6 is 0 Å². The first-order valence-corrected chi connectivity index (χ1v) is 9.36. The van der Waals surface area contributed by atoms with Gasteiger partial charge >= 0.3 is 0 Å². The summed E-state index contributed by atoms with van der Waals surface area (Å²) >= 11 is 0. The molecule has 0 saturated heterocycles. The van der Waals surface area contributed by atoms with E-state index in [0.29, 0.717) is 5.75 Å². The Balaban J connectivity index is 1.42. The molecule has 1 aliphatic heterocycles. The first-order valence-electron chi connectivity index (χ1n) is 9.36. The van der Waals surface area contributed by atoms with Crippen molar-refractivity contribution in [1.82, 2.24) is 0 Å². The maximum atomic E-state index is 12.8. The number of furan rings is 1. The van der Waals surface area contributed by atoms with E-state index < -0.39 is 0 Å². The van der Waals surface area contributed by atoms with Crippen molar-refractivity contribution in [3.63, 3.8) is 0 Å². The van der Waals surface area contributed by atoms with Crippen LogP contribution < -0.4 is 15.0 Å². The second-order valence-electron chi connectivity index (χ2n) is 6.92. The van der Waals surface area contributed by atoms with E-state index in [9.17, 15) is 4.79 Å². The highest BCUT2D eigenvalue weighted by Gasteiger charge is 2.24. The van der Waals surface area contributed by atoms with E-state index in [0.717, 1.165) is 46.3 Å².